The van der Waals surface area contributed by atoms with Crippen molar-refractivity contribution in [3.63, 3.8) is 0 Å². The average molecular weight is 204 g/mol. The van der Waals surface area contributed by atoms with Gasteiger partial charge in [0, 0.05) is 0 Å². The topological polar surface area (TPSA) is 72.4 Å². The van der Waals surface area contributed by atoms with E-state index in [-0.39, 0.29) is 37.7 Å². The molecule has 0 amide bonds. The van der Waals surface area contributed by atoms with Crippen LogP contribution in [0.5, 0.6) is 0 Å². The summed E-state index contributed by atoms with van der Waals surface area (Å²) in [7, 11) is -4.79. The zero-order valence-electron chi connectivity index (χ0n) is 6.36. The van der Waals surface area contributed by atoms with Crippen LogP contribution in [0, 0.1) is 0 Å². The van der Waals surface area contributed by atoms with Crippen molar-refractivity contribution in [3.05, 3.63) is 12.3 Å². The maximum Gasteiger partial charge on any atom is 2.00 e. The maximum atomic E-state index is 9.79. The molecular formula is C5H9CaO4P. The Morgan fingerprint density at radius 2 is 2.09 bits per heavy atom. The molecule has 4 nitrogen and oxygen atoms in total. The predicted octanol–water partition coefficient (Wildman–Crippen LogP) is -0.235. The van der Waals surface area contributed by atoms with Crippen LogP contribution in [0.2, 0.25) is 0 Å². The van der Waals surface area contributed by atoms with Gasteiger partial charge in [-0.3, -0.25) is 0 Å². The number of phosphoric ester groups is 1. The normalized spacial score (nSPS) is 11.2. The van der Waals surface area contributed by atoms with Gasteiger partial charge in [-0.2, -0.15) is 0 Å². The molecule has 60 valence electrons. The number of unbranched alkanes of at least 4 members (excludes halogenated alkanes) is 1. The van der Waals surface area contributed by atoms with E-state index < -0.39 is 7.82 Å². The van der Waals surface area contributed by atoms with E-state index >= 15 is 0 Å². The van der Waals surface area contributed by atoms with Gasteiger partial charge in [0.25, 0.3) is 0 Å². The number of allylic oxidation sites excluding steroid dienone is 1. The van der Waals surface area contributed by atoms with Gasteiger partial charge >= 0.3 is 37.7 Å². The molecule has 0 rings (SSSR count). The number of hydrogen-bond acceptors (Lipinski definition) is 4. The molecule has 0 aromatic carbocycles. The maximum absolute atomic E-state index is 9.79. The monoisotopic (exact) mass is 204 g/mol. The second-order valence-corrected chi connectivity index (χ2v) is 2.82. The van der Waals surface area contributed by atoms with Crippen molar-refractivity contribution >= 4 is 45.6 Å². The first-order valence-electron chi connectivity index (χ1n) is 2.91. The standard InChI is InChI=1S/C5H11O4P.Ca/c1-2-3-4-5-9-10(6,7)8;/h4-5H,2-3H2,1H3,(H2,6,7,8);/q;+2/p-2. The summed E-state index contributed by atoms with van der Waals surface area (Å²) in [4.78, 5) is 19.6. The number of rotatable bonds is 4. The molecule has 0 radical (unpaired) electrons. The molecule has 0 saturated heterocycles. The van der Waals surface area contributed by atoms with Gasteiger partial charge in [-0.15, -0.1) is 0 Å². The van der Waals surface area contributed by atoms with Crippen LogP contribution in [-0.2, 0) is 9.09 Å². The van der Waals surface area contributed by atoms with Gasteiger partial charge in [-0.1, -0.05) is 13.3 Å². The second-order valence-electron chi connectivity index (χ2n) is 1.71. The minimum Gasteiger partial charge on any atom is -0.780 e. The van der Waals surface area contributed by atoms with Crippen molar-refractivity contribution in [3.8, 4) is 0 Å². The quantitative estimate of drug-likeness (QED) is 0.360. The molecule has 0 unspecified atom stereocenters. The minimum atomic E-state index is -4.79. The fraction of sp³-hybridized carbons (Fsp3) is 0.600. The van der Waals surface area contributed by atoms with Gasteiger partial charge in [0.05, 0.1) is 6.26 Å². The average Bonchev–Trinajstić information content (AvgIpc) is 1.78. The molecule has 0 aliphatic heterocycles. The Labute approximate surface area is 95.9 Å². The first-order chi connectivity index (χ1) is 4.56. The van der Waals surface area contributed by atoms with Gasteiger partial charge in [0.2, 0.25) is 0 Å². The summed E-state index contributed by atoms with van der Waals surface area (Å²) < 4.78 is 13.6. The molecular weight excluding hydrogens is 195 g/mol. The molecule has 0 aliphatic carbocycles. The van der Waals surface area contributed by atoms with E-state index in [2.05, 4.69) is 4.52 Å². The summed E-state index contributed by atoms with van der Waals surface area (Å²) in [5.41, 5.74) is 0. The zero-order chi connectivity index (χ0) is 8.04. The molecule has 0 aromatic rings. The van der Waals surface area contributed by atoms with Crippen LogP contribution in [0.3, 0.4) is 0 Å². The molecule has 0 N–H and O–H groups in total. The Balaban J connectivity index is 0. The number of phosphoric acid groups is 1. The minimum absolute atomic E-state index is 0. The van der Waals surface area contributed by atoms with Crippen molar-refractivity contribution in [2.45, 2.75) is 19.8 Å². The van der Waals surface area contributed by atoms with E-state index in [9.17, 15) is 14.4 Å². The molecule has 0 aliphatic rings. The first-order valence-corrected chi connectivity index (χ1v) is 4.38. The zero-order valence-corrected chi connectivity index (χ0v) is 9.46. The molecule has 0 saturated carbocycles. The van der Waals surface area contributed by atoms with Gasteiger partial charge in [0.1, 0.15) is 7.82 Å². The third-order valence-electron chi connectivity index (χ3n) is 0.742. The molecule has 0 bridgehead atoms. The molecule has 0 heterocycles. The largest absolute Gasteiger partial charge is 2.00 e. The first kappa shape index (κ1) is 14.5. The SMILES string of the molecule is CCCC=COP(=O)([O-])[O-].[Ca+2]. The fourth-order valence-corrected chi connectivity index (χ4v) is 0.587. The Kier molecular flexibility index (Phi) is 9.99. The Morgan fingerprint density at radius 3 is 2.45 bits per heavy atom. The smallest absolute Gasteiger partial charge is 0.780 e. The molecule has 0 spiro atoms. The summed E-state index contributed by atoms with van der Waals surface area (Å²) in [6.07, 6.45) is 3.99. The van der Waals surface area contributed by atoms with E-state index in [4.69, 9.17) is 0 Å². The molecule has 0 fully saturated rings. The summed E-state index contributed by atoms with van der Waals surface area (Å²) >= 11 is 0. The predicted molar refractivity (Wildman–Crippen MR) is 38.5 cm³/mol. The van der Waals surface area contributed by atoms with Gasteiger partial charge in [-0.25, -0.2) is 0 Å². The third-order valence-corrected chi connectivity index (χ3v) is 1.12. The molecule has 6 heteroatoms. The van der Waals surface area contributed by atoms with Crippen molar-refractivity contribution in [2.24, 2.45) is 0 Å². The van der Waals surface area contributed by atoms with E-state index in [1.54, 1.807) is 0 Å². The van der Waals surface area contributed by atoms with Crippen LogP contribution in [0.15, 0.2) is 12.3 Å². The molecule has 0 atom stereocenters. The van der Waals surface area contributed by atoms with E-state index in [0.717, 1.165) is 12.7 Å². The summed E-state index contributed by atoms with van der Waals surface area (Å²) in [6, 6.07) is 0. The van der Waals surface area contributed by atoms with E-state index in [0.29, 0.717) is 6.42 Å². The Morgan fingerprint density at radius 1 is 1.55 bits per heavy atom. The third kappa shape index (κ3) is 13.9. The van der Waals surface area contributed by atoms with Crippen LogP contribution in [-0.4, -0.2) is 37.7 Å². The Bertz CT molecular complexity index is 153. The van der Waals surface area contributed by atoms with E-state index in [1.165, 1.54) is 6.08 Å². The van der Waals surface area contributed by atoms with Crippen LogP contribution in [0.1, 0.15) is 19.8 Å². The van der Waals surface area contributed by atoms with Gasteiger partial charge in [0.15, 0.2) is 0 Å². The Hall–Kier alpha value is 0.950. The van der Waals surface area contributed by atoms with Gasteiger partial charge in [-0.05, 0) is 12.5 Å². The van der Waals surface area contributed by atoms with E-state index in [1.807, 2.05) is 6.92 Å². The van der Waals surface area contributed by atoms with Crippen LogP contribution < -0.4 is 9.79 Å². The van der Waals surface area contributed by atoms with Crippen LogP contribution in [0.4, 0.5) is 0 Å². The fourth-order valence-electron chi connectivity index (χ4n) is 0.352. The summed E-state index contributed by atoms with van der Waals surface area (Å²) in [5.74, 6) is 0. The number of hydrogen-bond donors (Lipinski definition) is 0. The molecule has 0 aromatic heterocycles. The van der Waals surface area contributed by atoms with Crippen LogP contribution in [0.25, 0.3) is 0 Å². The summed E-state index contributed by atoms with van der Waals surface area (Å²) in [5, 5.41) is 0. The van der Waals surface area contributed by atoms with Gasteiger partial charge < -0.3 is 18.9 Å². The summed E-state index contributed by atoms with van der Waals surface area (Å²) in [6.45, 7) is 1.93. The van der Waals surface area contributed by atoms with Crippen molar-refractivity contribution in [1.82, 2.24) is 0 Å². The van der Waals surface area contributed by atoms with Crippen molar-refractivity contribution in [1.29, 1.82) is 0 Å². The molecule has 11 heavy (non-hydrogen) atoms. The van der Waals surface area contributed by atoms with Crippen molar-refractivity contribution < 1.29 is 18.9 Å². The van der Waals surface area contributed by atoms with Crippen LogP contribution >= 0.6 is 7.82 Å². The van der Waals surface area contributed by atoms with Crippen molar-refractivity contribution in [2.75, 3.05) is 0 Å². The second kappa shape index (κ2) is 7.59.